The highest BCUT2D eigenvalue weighted by Gasteiger charge is 2.21. The largest absolute Gasteiger partial charge is 0.398 e. The number of benzene rings is 1. The first-order valence-electron chi connectivity index (χ1n) is 7.11. The van der Waals surface area contributed by atoms with Crippen LogP contribution >= 0.6 is 0 Å². The molecular weight excluding hydrogens is 250 g/mol. The lowest BCUT2D eigenvalue weighted by Crippen LogP contribution is -2.36. The molecule has 1 aliphatic heterocycles. The number of fused-ring (bicyclic) bond motifs is 1. The van der Waals surface area contributed by atoms with E-state index < -0.39 is 0 Å². The van der Waals surface area contributed by atoms with Crippen LogP contribution in [-0.2, 0) is 0 Å². The molecule has 0 radical (unpaired) electrons. The Morgan fingerprint density at radius 1 is 1.20 bits per heavy atom. The average molecular weight is 269 g/mol. The molecule has 1 saturated heterocycles. The zero-order valence-electron chi connectivity index (χ0n) is 11.7. The Balaban J connectivity index is 2.08. The molecule has 0 atom stereocenters. The van der Waals surface area contributed by atoms with Gasteiger partial charge in [-0.1, -0.05) is 0 Å². The maximum atomic E-state index is 12.7. The van der Waals surface area contributed by atoms with Crippen molar-refractivity contribution >= 4 is 22.4 Å². The van der Waals surface area contributed by atoms with E-state index in [2.05, 4.69) is 4.98 Å². The van der Waals surface area contributed by atoms with Crippen LogP contribution in [0.15, 0.2) is 24.4 Å². The van der Waals surface area contributed by atoms with Crippen LogP contribution in [0.5, 0.6) is 0 Å². The first-order chi connectivity index (χ1) is 9.66. The van der Waals surface area contributed by atoms with Crippen LogP contribution in [0.25, 0.3) is 10.8 Å². The number of hydrogen-bond acceptors (Lipinski definition) is 3. The van der Waals surface area contributed by atoms with Gasteiger partial charge in [0.2, 0.25) is 0 Å². The third-order valence-corrected chi connectivity index (χ3v) is 3.90. The number of carbonyl (C=O) groups excluding carboxylic acids is 1. The van der Waals surface area contributed by atoms with E-state index in [9.17, 15) is 4.79 Å². The van der Waals surface area contributed by atoms with Gasteiger partial charge in [-0.15, -0.1) is 0 Å². The molecule has 0 bridgehead atoms. The van der Waals surface area contributed by atoms with Gasteiger partial charge in [0, 0.05) is 35.7 Å². The minimum absolute atomic E-state index is 0.0281. The molecule has 1 amide bonds. The van der Waals surface area contributed by atoms with E-state index in [0.717, 1.165) is 42.3 Å². The molecule has 2 aromatic rings. The quantitative estimate of drug-likeness (QED) is 0.810. The van der Waals surface area contributed by atoms with Crippen molar-refractivity contribution in [3.63, 3.8) is 0 Å². The number of nitrogens with zero attached hydrogens (tertiary/aromatic N) is 2. The van der Waals surface area contributed by atoms with Crippen LogP contribution in [-0.4, -0.2) is 28.9 Å². The van der Waals surface area contributed by atoms with Gasteiger partial charge in [0.25, 0.3) is 5.91 Å². The lowest BCUT2D eigenvalue weighted by molar-refractivity contribution is 0.0720. The summed E-state index contributed by atoms with van der Waals surface area (Å²) >= 11 is 0. The molecule has 104 valence electrons. The lowest BCUT2D eigenvalue weighted by Gasteiger charge is -2.26. The van der Waals surface area contributed by atoms with Crippen molar-refractivity contribution in [2.75, 3.05) is 18.8 Å². The summed E-state index contributed by atoms with van der Waals surface area (Å²) in [5.41, 5.74) is 8.33. The van der Waals surface area contributed by atoms with E-state index in [0.29, 0.717) is 11.4 Å². The molecular formula is C16H19N3O. The van der Waals surface area contributed by atoms with Crippen molar-refractivity contribution in [1.29, 1.82) is 0 Å². The average Bonchev–Trinajstić information content (AvgIpc) is 2.47. The van der Waals surface area contributed by atoms with E-state index in [1.165, 1.54) is 6.42 Å². The Labute approximate surface area is 118 Å². The van der Waals surface area contributed by atoms with Gasteiger partial charge in [-0.3, -0.25) is 9.78 Å². The van der Waals surface area contributed by atoms with Crippen molar-refractivity contribution in [3.05, 3.63) is 35.7 Å². The highest BCUT2D eigenvalue weighted by atomic mass is 16.2. The standard InChI is InChI=1S/C16H19N3O/c1-11-9-13-12(14(17)10-11)5-6-18-15(13)16(20)19-7-3-2-4-8-19/h5-6,9-10H,2-4,7-8,17H2,1H3. The first kappa shape index (κ1) is 12.9. The minimum Gasteiger partial charge on any atom is -0.398 e. The third-order valence-electron chi connectivity index (χ3n) is 3.90. The number of piperidine rings is 1. The van der Waals surface area contributed by atoms with Gasteiger partial charge in [-0.25, -0.2) is 0 Å². The summed E-state index contributed by atoms with van der Waals surface area (Å²) in [6.45, 7) is 3.65. The number of nitrogens with two attached hydrogens (primary N) is 1. The predicted octanol–water partition coefficient (Wildman–Crippen LogP) is 2.75. The van der Waals surface area contributed by atoms with Crippen LogP contribution in [0.4, 0.5) is 5.69 Å². The second kappa shape index (κ2) is 5.12. The van der Waals surface area contributed by atoms with Crippen LogP contribution in [0.3, 0.4) is 0 Å². The summed E-state index contributed by atoms with van der Waals surface area (Å²) in [7, 11) is 0. The topological polar surface area (TPSA) is 59.2 Å². The molecule has 1 aromatic heterocycles. The van der Waals surface area contributed by atoms with Gasteiger partial charge >= 0.3 is 0 Å². The number of hydrogen-bond donors (Lipinski definition) is 1. The summed E-state index contributed by atoms with van der Waals surface area (Å²) in [5.74, 6) is 0.0281. The molecule has 0 spiro atoms. The van der Waals surface area contributed by atoms with E-state index in [4.69, 9.17) is 5.73 Å². The van der Waals surface area contributed by atoms with E-state index in [1.54, 1.807) is 6.20 Å². The summed E-state index contributed by atoms with van der Waals surface area (Å²) in [5, 5.41) is 1.77. The van der Waals surface area contributed by atoms with Crippen LogP contribution in [0, 0.1) is 6.92 Å². The van der Waals surface area contributed by atoms with Crippen molar-refractivity contribution < 1.29 is 4.79 Å². The lowest BCUT2D eigenvalue weighted by atomic mass is 10.0. The Morgan fingerprint density at radius 3 is 2.70 bits per heavy atom. The van der Waals surface area contributed by atoms with Gasteiger partial charge in [0.1, 0.15) is 5.69 Å². The molecule has 1 fully saturated rings. The number of carbonyl (C=O) groups is 1. The van der Waals surface area contributed by atoms with Crippen LogP contribution in [0.2, 0.25) is 0 Å². The molecule has 2 heterocycles. The van der Waals surface area contributed by atoms with E-state index in [1.807, 2.05) is 30.0 Å². The molecule has 0 saturated carbocycles. The monoisotopic (exact) mass is 269 g/mol. The van der Waals surface area contributed by atoms with Gasteiger partial charge in [0.05, 0.1) is 0 Å². The third kappa shape index (κ3) is 2.22. The normalized spacial score (nSPS) is 15.6. The highest BCUT2D eigenvalue weighted by molar-refractivity contribution is 6.08. The predicted molar refractivity (Wildman–Crippen MR) is 80.6 cm³/mol. The number of likely N-dealkylation sites (tertiary alicyclic amines) is 1. The number of rotatable bonds is 1. The van der Waals surface area contributed by atoms with E-state index >= 15 is 0 Å². The number of aryl methyl sites for hydroxylation is 1. The number of anilines is 1. The second-order valence-electron chi connectivity index (χ2n) is 5.46. The van der Waals surface area contributed by atoms with Crippen molar-refractivity contribution in [2.24, 2.45) is 0 Å². The molecule has 4 nitrogen and oxygen atoms in total. The Hall–Kier alpha value is -2.10. The van der Waals surface area contributed by atoms with Crippen LogP contribution in [0.1, 0.15) is 35.3 Å². The second-order valence-corrected chi connectivity index (χ2v) is 5.46. The molecule has 2 N–H and O–H groups in total. The summed E-state index contributed by atoms with van der Waals surface area (Å²) < 4.78 is 0. The maximum absolute atomic E-state index is 12.7. The smallest absolute Gasteiger partial charge is 0.273 e. The maximum Gasteiger partial charge on any atom is 0.273 e. The molecule has 1 aliphatic rings. The number of nitrogen functional groups attached to an aromatic ring is 1. The van der Waals surface area contributed by atoms with Crippen molar-refractivity contribution in [1.82, 2.24) is 9.88 Å². The minimum atomic E-state index is 0.0281. The molecule has 20 heavy (non-hydrogen) atoms. The Bertz CT molecular complexity index is 660. The molecule has 1 aromatic carbocycles. The van der Waals surface area contributed by atoms with Gasteiger partial charge in [-0.05, 0) is 49.9 Å². The fourth-order valence-corrected chi connectivity index (χ4v) is 2.88. The molecule has 4 heteroatoms. The first-order valence-corrected chi connectivity index (χ1v) is 7.11. The van der Waals surface area contributed by atoms with Crippen molar-refractivity contribution in [2.45, 2.75) is 26.2 Å². The number of pyridine rings is 1. The number of amides is 1. The summed E-state index contributed by atoms with van der Waals surface area (Å²) in [6, 6.07) is 5.80. The SMILES string of the molecule is Cc1cc(N)c2ccnc(C(=O)N3CCCCC3)c2c1. The zero-order valence-corrected chi connectivity index (χ0v) is 11.7. The number of aromatic nitrogens is 1. The molecule has 3 rings (SSSR count). The van der Waals surface area contributed by atoms with Crippen LogP contribution < -0.4 is 5.73 Å². The Kier molecular flexibility index (Phi) is 3.30. The summed E-state index contributed by atoms with van der Waals surface area (Å²) in [6.07, 6.45) is 5.04. The van der Waals surface area contributed by atoms with Gasteiger partial charge in [0.15, 0.2) is 0 Å². The molecule has 0 aliphatic carbocycles. The zero-order chi connectivity index (χ0) is 14.1. The fraction of sp³-hybridized carbons (Fsp3) is 0.375. The van der Waals surface area contributed by atoms with Gasteiger partial charge < -0.3 is 10.6 Å². The van der Waals surface area contributed by atoms with Gasteiger partial charge in [-0.2, -0.15) is 0 Å². The Morgan fingerprint density at radius 2 is 1.95 bits per heavy atom. The highest BCUT2D eigenvalue weighted by Crippen LogP contribution is 2.26. The summed E-state index contributed by atoms with van der Waals surface area (Å²) in [4.78, 5) is 18.9. The van der Waals surface area contributed by atoms with E-state index in [-0.39, 0.29) is 5.91 Å². The van der Waals surface area contributed by atoms with Crippen molar-refractivity contribution in [3.8, 4) is 0 Å². The molecule has 0 unspecified atom stereocenters. The fourth-order valence-electron chi connectivity index (χ4n) is 2.88.